The molecule has 0 atom stereocenters. The van der Waals surface area contributed by atoms with Crippen LogP contribution < -0.4 is 20.1 Å². The van der Waals surface area contributed by atoms with Crippen LogP contribution in [0.25, 0.3) is 0 Å². The molecule has 30 heavy (non-hydrogen) atoms. The van der Waals surface area contributed by atoms with Gasteiger partial charge in [0.1, 0.15) is 18.6 Å². The highest BCUT2D eigenvalue weighted by molar-refractivity contribution is 14.0. The van der Waals surface area contributed by atoms with Gasteiger partial charge >= 0.3 is 0 Å². The van der Waals surface area contributed by atoms with Gasteiger partial charge in [-0.15, -0.1) is 34.2 Å². The van der Waals surface area contributed by atoms with E-state index in [1.165, 1.54) is 0 Å². The number of aliphatic imine (C=N–C) groups is 1. The van der Waals surface area contributed by atoms with Crippen LogP contribution in [0.2, 0.25) is 0 Å². The first kappa shape index (κ1) is 21.9. The quantitative estimate of drug-likeness (QED) is 0.291. The van der Waals surface area contributed by atoms with E-state index < -0.39 is 0 Å². The van der Waals surface area contributed by atoms with Crippen molar-refractivity contribution < 1.29 is 13.9 Å². The Balaban J connectivity index is 0.00000256. The van der Waals surface area contributed by atoms with E-state index in [-0.39, 0.29) is 24.0 Å². The Kier molecular flexibility index (Phi) is 7.94. The van der Waals surface area contributed by atoms with Gasteiger partial charge in [0.15, 0.2) is 23.3 Å². The summed E-state index contributed by atoms with van der Waals surface area (Å²) in [5.41, 5.74) is 0.858. The Morgan fingerprint density at radius 1 is 1.20 bits per heavy atom. The van der Waals surface area contributed by atoms with Crippen molar-refractivity contribution in [2.24, 2.45) is 12.0 Å². The van der Waals surface area contributed by atoms with Crippen LogP contribution in [0.3, 0.4) is 0 Å². The first-order valence-corrected chi connectivity index (χ1v) is 9.58. The Hall–Kier alpha value is -2.76. The summed E-state index contributed by atoms with van der Waals surface area (Å²) in [7, 11) is 1.89. The molecule has 0 spiro atoms. The summed E-state index contributed by atoms with van der Waals surface area (Å²) >= 11 is 0. The fraction of sp³-hybridized carbons (Fsp3) is 0.350. The molecule has 3 heterocycles. The maximum atomic E-state index is 5.78. The fourth-order valence-electron chi connectivity index (χ4n) is 2.88. The van der Waals surface area contributed by atoms with Crippen molar-refractivity contribution in [3.63, 3.8) is 0 Å². The molecule has 0 amide bonds. The van der Waals surface area contributed by atoms with Gasteiger partial charge in [0.2, 0.25) is 0 Å². The third kappa shape index (κ3) is 5.88. The zero-order valence-corrected chi connectivity index (χ0v) is 19.0. The molecule has 0 fully saturated rings. The van der Waals surface area contributed by atoms with Crippen molar-refractivity contribution in [1.29, 1.82) is 0 Å². The van der Waals surface area contributed by atoms with Crippen LogP contribution in [0.15, 0.2) is 52.3 Å². The van der Waals surface area contributed by atoms with Gasteiger partial charge in [-0.2, -0.15) is 0 Å². The number of nitrogens with one attached hydrogen (secondary N) is 2. The van der Waals surface area contributed by atoms with Crippen molar-refractivity contribution in [2.45, 2.75) is 19.4 Å². The first-order chi connectivity index (χ1) is 14.3. The molecule has 0 aliphatic carbocycles. The fourth-order valence-corrected chi connectivity index (χ4v) is 2.88. The summed E-state index contributed by atoms with van der Waals surface area (Å²) in [6, 6.07) is 9.61. The van der Waals surface area contributed by atoms with Crippen LogP contribution >= 0.6 is 24.0 Å². The number of aromatic nitrogens is 3. The van der Waals surface area contributed by atoms with E-state index in [1.54, 1.807) is 12.6 Å². The lowest BCUT2D eigenvalue weighted by atomic mass is 10.2. The highest BCUT2D eigenvalue weighted by atomic mass is 127. The lowest BCUT2D eigenvalue weighted by molar-refractivity contribution is 0.297. The molecule has 2 N–H and O–H groups in total. The summed E-state index contributed by atoms with van der Waals surface area (Å²) in [6.07, 6.45) is 4.95. The van der Waals surface area contributed by atoms with Gasteiger partial charge < -0.3 is 29.1 Å². The van der Waals surface area contributed by atoms with Gasteiger partial charge in [0, 0.05) is 38.2 Å². The second-order valence-electron chi connectivity index (χ2n) is 6.62. The van der Waals surface area contributed by atoms with Gasteiger partial charge in [-0.05, 0) is 24.3 Å². The third-order valence-electron chi connectivity index (χ3n) is 4.44. The SMILES string of the molecule is Cn1cnnc1CN=C(NCCc1ccco1)Nc1ccc2c(c1)OCCCO2.I. The standard InChI is InChI=1S/C20H24N6O3.HI/c1-26-14-23-25-19(26)13-22-20(21-8-7-16-4-2-9-27-16)24-15-5-6-17-18(12-15)29-11-3-10-28-17;/h2,4-6,9,12,14H,3,7-8,10-11,13H2,1H3,(H2,21,22,24);1H. The molecule has 2 aromatic heterocycles. The van der Waals surface area contributed by atoms with Gasteiger partial charge in [0.05, 0.1) is 19.5 Å². The molecule has 1 aliphatic heterocycles. The lowest BCUT2D eigenvalue weighted by Gasteiger charge is -2.14. The van der Waals surface area contributed by atoms with E-state index in [0.717, 1.165) is 41.6 Å². The summed E-state index contributed by atoms with van der Waals surface area (Å²) in [4.78, 5) is 4.64. The van der Waals surface area contributed by atoms with Gasteiger partial charge in [0.25, 0.3) is 0 Å². The molecule has 1 aromatic carbocycles. The summed E-state index contributed by atoms with van der Waals surface area (Å²) in [5.74, 6) is 3.82. The second-order valence-corrected chi connectivity index (χ2v) is 6.62. The van der Waals surface area contributed by atoms with Gasteiger partial charge in [-0.3, -0.25) is 0 Å². The number of rotatable bonds is 6. The lowest BCUT2D eigenvalue weighted by Crippen LogP contribution is -2.32. The van der Waals surface area contributed by atoms with Crippen molar-refractivity contribution >= 4 is 35.6 Å². The topological polar surface area (TPSA) is 98.7 Å². The number of furan rings is 1. The van der Waals surface area contributed by atoms with Crippen molar-refractivity contribution in [3.8, 4) is 11.5 Å². The number of halogens is 1. The van der Waals surface area contributed by atoms with Crippen molar-refractivity contribution in [1.82, 2.24) is 20.1 Å². The number of benzene rings is 1. The molecule has 0 bridgehead atoms. The van der Waals surface area contributed by atoms with Crippen molar-refractivity contribution in [3.05, 3.63) is 54.5 Å². The number of fused-ring (bicyclic) bond motifs is 1. The smallest absolute Gasteiger partial charge is 0.196 e. The Morgan fingerprint density at radius 2 is 2.07 bits per heavy atom. The number of aryl methyl sites for hydroxylation is 1. The Morgan fingerprint density at radius 3 is 2.83 bits per heavy atom. The zero-order valence-electron chi connectivity index (χ0n) is 16.7. The Labute approximate surface area is 191 Å². The summed E-state index contributed by atoms with van der Waals surface area (Å²) in [6.45, 7) is 2.38. The molecule has 0 saturated carbocycles. The van der Waals surface area contributed by atoms with Gasteiger partial charge in [-0.1, -0.05) is 0 Å². The van der Waals surface area contributed by atoms with Crippen LogP contribution in [-0.4, -0.2) is 40.5 Å². The third-order valence-corrected chi connectivity index (χ3v) is 4.44. The van der Waals surface area contributed by atoms with E-state index in [1.807, 2.05) is 41.9 Å². The van der Waals surface area contributed by atoms with E-state index in [2.05, 4.69) is 25.8 Å². The average Bonchev–Trinajstić information content (AvgIpc) is 3.32. The van der Waals surface area contributed by atoms with Crippen LogP contribution in [0.5, 0.6) is 11.5 Å². The number of ether oxygens (including phenoxy) is 2. The molecule has 0 saturated heterocycles. The van der Waals surface area contributed by atoms with Crippen LogP contribution in [-0.2, 0) is 20.0 Å². The number of hydrogen-bond acceptors (Lipinski definition) is 6. The minimum atomic E-state index is 0. The van der Waals surface area contributed by atoms with E-state index >= 15 is 0 Å². The summed E-state index contributed by atoms with van der Waals surface area (Å²) < 4.78 is 18.7. The molecule has 0 radical (unpaired) electrons. The second kappa shape index (κ2) is 10.9. The predicted molar refractivity (Wildman–Crippen MR) is 124 cm³/mol. The monoisotopic (exact) mass is 524 g/mol. The number of hydrogen-bond donors (Lipinski definition) is 2. The molecule has 10 heteroatoms. The number of nitrogens with zero attached hydrogens (tertiary/aromatic N) is 4. The minimum Gasteiger partial charge on any atom is -0.490 e. The van der Waals surface area contributed by atoms with E-state index in [4.69, 9.17) is 13.9 Å². The summed E-state index contributed by atoms with van der Waals surface area (Å²) in [5, 5.41) is 14.6. The molecule has 3 aromatic rings. The van der Waals surface area contributed by atoms with Crippen LogP contribution in [0.1, 0.15) is 18.0 Å². The highest BCUT2D eigenvalue weighted by Gasteiger charge is 2.12. The normalized spacial score (nSPS) is 13.3. The molecule has 0 unspecified atom stereocenters. The number of guanidine groups is 1. The van der Waals surface area contributed by atoms with E-state index in [9.17, 15) is 0 Å². The molecule has 4 rings (SSSR count). The first-order valence-electron chi connectivity index (χ1n) is 9.58. The highest BCUT2D eigenvalue weighted by Crippen LogP contribution is 2.32. The van der Waals surface area contributed by atoms with Crippen molar-refractivity contribution in [2.75, 3.05) is 25.1 Å². The predicted octanol–water partition coefficient (Wildman–Crippen LogP) is 2.99. The zero-order chi connectivity index (χ0) is 19.9. The molecular formula is C20H25IN6O3. The molecular weight excluding hydrogens is 499 g/mol. The molecule has 160 valence electrons. The molecule has 1 aliphatic rings. The van der Waals surface area contributed by atoms with E-state index in [0.29, 0.717) is 32.3 Å². The van der Waals surface area contributed by atoms with Crippen LogP contribution in [0, 0.1) is 0 Å². The minimum absolute atomic E-state index is 0. The largest absolute Gasteiger partial charge is 0.490 e. The maximum absolute atomic E-state index is 5.78. The molecule has 9 nitrogen and oxygen atoms in total. The Bertz CT molecular complexity index is 957. The van der Waals surface area contributed by atoms with Gasteiger partial charge in [-0.25, -0.2) is 4.99 Å². The number of anilines is 1. The maximum Gasteiger partial charge on any atom is 0.196 e. The van der Waals surface area contributed by atoms with Crippen LogP contribution in [0.4, 0.5) is 5.69 Å². The average molecular weight is 524 g/mol.